The fourth-order valence-corrected chi connectivity index (χ4v) is 1.70. The molecule has 0 aliphatic carbocycles. The van der Waals surface area contributed by atoms with Crippen LogP contribution in [0.25, 0.3) is 0 Å². The summed E-state index contributed by atoms with van der Waals surface area (Å²) < 4.78 is 0. The van der Waals surface area contributed by atoms with Crippen molar-refractivity contribution in [1.82, 2.24) is 10.8 Å². The van der Waals surface area contributed by atoms with Crippen molar-refractivity contribution in [2.75, 3.05) is 6.54 Å². The maximum Gasteiger partial charge on any atom is 0.322 e. The summed E-state index contributed by atoms with van der Waals surface area (Å²) in [4.78, 5) is 33.6. The van der Waals surface area contributed by atoms with Crippen molar-refractivity contribution < 1.29 is 24.7 Å². The summed E-state index contributed by atoms with van der Waals surface area (Å²) in [5, 5.41) is 19.2. The molecule has 0 aliphatic rings. The number of amides is 2. The van der Waals surface area contributed by atoms with E-state index < -0.39 is 30.2 Å². The number of aliphatic carboxylic acids is 1. The van der Waals surface area contributed by atoms with Crippen LogP contribution in [-0.4, -0.2) is 34.6 Å². The SMILES string of the molecule is O=C(O)CNC(=O)C(CCc1ccccc1)C(=O)NO. The Morgan fingerprint density at radius 1 is 1.10 bits per heavy atom. The Morgan fingerprint density at radius 3 is 2.30 bits per heavy atom. The Labute approximate surface area is 115 Å². The van der Waals surface area contributed by atoms with E-state index in [1.807, 2.05) is 30.3 Å². The van der Waals surface area contributed by atoms with E-state index in [4.69, 9.17) is 10.3 Å². The molecule has 7 heteroatoms. The second-order valence-electron chi connectivity index (χ2n) is 4.16. The van der Waals surface area contributed by atoms with Crippen molar-refractivity contribution in [2.24, 2.45) is 5.92 Å². The summed E-state index contributed by atoms with van der Waals surface area (Å²) in [6, 6.07) is 9.22. The first-order valence-electron chi connectivity index (χ1n) is 6.02. The molecule has 4 N–H and O–H groups in total. The number of carboxylic acid groups (broad SMARTS) is 1. The van der Waals surface area contributed by atoms with Crippen LogP contribution in [0.5, 0.6) is 0 Å². The number of carbonyl (C=O) groups excluding carboxylic acids is 2. The monoisotopic (exact) mass is 280 g/mol. The average Bonchev–Trinajstić information content (AvgIpc) is 2.46. The van der Waals surface area contributed by atoms with Crippen LogP contribution in [-0.2, 0) is 20.8 Å². The predicted molar refractivity (Wildman–Crippen MR) is 68.8 cm³/mol. The molecule has 0 heterocycles. The second-order valence-corrected chi connectivity index (χ2v) is 4.16. The minimum atomic E-state index is -1.20. The molecule has 0 spiro atoms. The van der Waals surface area contributed by atoms with Crippen molar-refractivity contribution in [3.05, 3.63) is 35.9 Å². The topological polar surface area (TPSA) is 116 Å². The van der Waals surface area contributed by atoms with E-state index in [9.17, 15) is 14.4 Å². The van der Waals surface area contributed by atoms with Crippen LogP contribution in [0.4, 0.5) is 0 Å². The largest absolute Gasteiger partial charge is 0.480 e. The highest BCUT2D eigenvalue weighted by Gasteiger charge is 2.26. The first kappa shape index (κ1) is 15.6. The Kier molecular flexibility index (Phi) is 6.18. The zero-order valence-electron chi connectivity index (χ0n) is 10.7. The lowest BCUT2D eigenvalue weighted by Gasteiger charge is -2.14. The number of hydroxylamine groups is 1. The van der Waals surface area contributed by atoms with Gasteiger partial charge in [0.25, 0.3) is 5.91 Å². The first-order chi connectivity index (χ1) is 9.54. The minimum Gasteiger partial charge on any atom is -0.480 e. The van der Waals surface area contributed by atoms with Crippen LogP contribution >= 0.6 is 0 Å². The number of hydrogen-bond donors (Lipinski definition) is 4. The van der Waals surface area contributed by atoms with Gasteiger partial charge >= 0.3 is 5.97 Å². The van der Waals surface area contributed by atoms with Gasteiger partial charge in [-0.2, -0.15) is 0 Å². The van der Waals surface area contributed by atoms with Crippen LogP contribution in [0.2, 0.25) is 0 Å². The van der Waals surface area contributed by atoms with Gasteiger partial charge in [0.1, 0.15) is 12.5 Å². The van der Waals surface area contributed by atoms with E-state index in [1.165, 1.54) is 5.48 Å². The van der Waals surface area contributed by atoms with Gasteiger partial charge in [-0.3, -0.25) is 19.6 Å². The Balaban J connectivity index is 2.62. The maximum absolute atomic E-state index is 11.7. The average molecular weight is 280 g/mol. The molecule has 2 amide bonds. The number of rotatable bonds is 7. The lowest BCUT2D eigenvalue weighted by molar-refractivity contribution is -0.143. The zero-order chi connectivity index (χ0) is 15.0. The van der Waals surface area contributed by atoms with E-state index >= 15 is 0 Å². The van der Waals surface area contributed by atoms with Crippen LogP contribution in [0.3, 0.4) is 0 Å². The number of carbonyl (C=O) groups is 3. The van der Waals surface area contributed by atoms with Gasteiger partial charge in [-0.05, 0) is 18.4 Å². The molecule has 0 radical (unpaired) electrons. The molecule has 20 heavy (non-hydrogen) atoms. The molecule has 1 unspecified atom stereocenters. The first-order valence-corrected chi connectivity index (χ1v) is 6.02. The zero-order valence-corrected chi connectivity index (χ0v) is 10.7. The Bertz CT molecular complexity index is 475. The normalized spacial score (nSPS) is 11.4. The Hall–Kier alpha value is -2.41. The summed E-state index contributed by atoms with van der Waals surface area (Å²) in [5.41, 5.74) is 2.36. The summed E-state index contributed by atoms with van der Waals surface area (Å²) in [5.74, 6) is -3.93. The van der Waals surface area contributed by atoms with Gasteiger partial charge in [0.15, 0.2) is 0 Å². The third-order valence-electron chi connectivity index (χ3n) is 2.72. The van der Waals surface area contributed by atoms with Gasteiger partial charge in [-0.25, -0.2) is 5.48 Å². The van der Waals surface area contributed by atoms with Crippen LogP contribution in [0.1, 0.15) is 12.0 Å². The number of carboxylic acids is 1. The summed E-state index contributed by atoms with van der Waals surface area (Å²) in [6.45, 7) is -0.570. The van der Waals surface area contributed by atoms with Crippen LogP contribution in [0, 0.1) is 5.92 Å². The molecule has 0 aliphatic heterocycles. The van der Waals surface area contributed by atoms with E-state index in [2.05, 4.69) is 5.32 Å². The third kappa shape index (κ3) is 5.07. The van der Waals surface area contributed by atoms with Crippen LogP contribution in [0.15, 0.2) is 30.3 Å². The molecule has 1 atom stereocenters. The fraction of sp³-hybridized carbons (Fsp3) is 0.308. The number of benzene rings is 1. The lowest BCUT2D eigenvalue weighted by atomic mass is 9.98. The highest BCUT2D eigenvalue weighted by Crippen LogP contribution is 2.10. The molecule has 1 aromatic rings. The molecule has 0 saturated carbocycles. The molecule has 0 bridgehead atoms. The number of nitrogens with one attached hydrogen (secondary N) is 2. The molecular weight excluding hydrogens is 264 g/mol. The Morgan fingerprint density at radius 2 is 1.75 bits per heavy atom. The summed E-state index contributed by atoms with van der Waals surface area (Å²) in [6.07, 6.45) is 0.626. The van der Waals surface area contributed by atoms with Gasteiger partial charge in [0.2, 0.25) is 5.91 Å². The van der Waals surface area contributed by atoms with Crippen molar-refractivity contribution in [3.8, 4) is 0 Å². The van der Waals surface area contributed by atoms with E-state index in [0.29, 0.717) is 6.42 Å². The van der Waals surface area contributed by atoms with E-state index in [-0.39, 0.29) is 6.42 Å². The highest BCUT2D eigenvalue weighted by molar-refractivity contribution is 6.00. The van der Waals surface area contributed by atoms with E-state index in [0.717, 1.165) is 5.56 Å². The molecule has 0 aromatic heterocycles. The molecule has 0 saturated heterocycles. The van der Waals surface area contributed by atoms with Crippen molar-refractivity contribution in [1.29, 1.82) is 0 Å². The quantitative estimate of drug-likeness (QED) is 0.317. The standard InChI is InChI=1S/C13H16N2O5/c16-11(17)8-14-12(18)10(13(19)15-20)7-6-9-4-2-1-3-5-9/h1-5,10,20H,6-8H2,(H,14,18)(H,15,19)(H,16,17). The summed E-state index contributed by atoms with van der Waals surface area (Å²) >= 11 is 0. The summed E-state index contributed by atoms with van der Waals surface area (Å²) in [7, 11) is 0. The van der Waals surface area contributed by atoms with Crippen LogP contribution < -0.4 is 10.8 Å². The van der Waals surface area contributed by atoms with Gasteiger partial charge in [-0.15, -0.1) is 0 Å². The molecule has 1 aromatic carbocycles. The third-order valence-corrected chi connectivity index (χ3v) is 2.72. The maximum atomic E-state index is 11.7. The second kappa shape index (κ2) is 7.90. The van der Waals surface area contributed by atoms with Gasteiger partial charge in [0.05, 0.1) is 0 Å². The number of aryl methyl sites for hydroxylation is 1. The van der Waals surface area contributed by atoms with Crippen molar-refractivity contribution >= 4 is 17.8 Å². The lowest BCUT2D eigenvalue weighted by Crippen LogP contribution is -2.42. The van der Waals surface area contributed by atoms with Crippen molar-refractivity contribution in [3.63, 3.8) is 0 Å². The molecular formula is C13H16N2O5. The molecule has 0 fully saturated rings. The predicted octanol–water partition coefficient (Wildman–Crippen LogP) is -0.0584. The van der Waals surface area contributed by atoms with Crippen molar-refractivity contribution in [2.45, 2.75) is 12.8 Å². The van der Waals surface area contributed by atoms with Gasteiger partial charge in [-0.1, -0.05) is 30.3 Å². The molecule has 108 valence electrons. The van der Waals surface area contributed by atoms with Gasteiger partial charge < -0.3 is 10.4 Å². The molecule has 7 nitrogen and oxygen atoms in total. The fourth-order valence-electron chi connectivity index (χ4n) is 1.70. The molecule has 1 rings (SSSR count). The highest BCUT2D eigenvalue weighted by atomic mass is 16.5. The van der Waals surface area contributed by atoms with Gasteiger partial charge in [0, 0.05) is 0 Å². The smallest absolute Gasteiger partial charge is 0.322 e. The van der Waals surface area contributed by atoms with E-state index in [1.54, 1.807) is 0 Å². The number of hydrogen-bond acceptors (Lipinski definition) is 4. The minimum absolute atomic E-state index is 0.169.